The van der Waals surface area contributed by atoms with Gasteiger partial charge in [-0.25, -0.2) is 16.8 Å². The van der Waals surface area contributed by atoms with Gasteiger partial charge in [0, 0.05) is 23.7 Å². The number of furan rings is 2. The van der Waals surface area contributed by atoms with Gasteiger partial charge in [-0.1, -0.05) is 19.6 Å². The van der Waals surface area contributed by atoms with Crippen molar-refractivity contribution in [1.82, 2.24) is 5.32 Å². The Kier molecular flexibility index (Phi) is 8.70. The highest BCUT2D eigenvalue weighted by Crippen LogP contribution is 2.30. The van der Waals surface area contributed by atoms with Crippen LogP contribution >= 0.6 is 0 Å². The second-order valence-electron chi connectivity index (χ2n) is 8.39. The van der Waals surface area contributed by atoms with Crippen molar-refractivity contribution in [2.24, 2.45) is 4.99 Å². The van der Waals surface area contributed by atoms with Crippen LogP contribution in [0.2, 0.25) is 0 Å². The van der Waals surface area contributed by atoms with Gasteiger partial charge in [0.1, 0.15) is 5.84 Å². The van der Waals surface area contributed by atoms with Crippen LogP contribution in [0.5, 0.6) is 0 Å². The van der Waals surface area contributed by atoms with Crippen molar-refractivity contribution in [3.63, 3.8) is 0 Å². The molecule has 0 radical (unpaired) electrons. The normalized spacial score (nSPS) is 13.0. The summed E-state index contributed by atoms with van der Waals surface area (Å²) < 4.78 is 60.5. The summed E-state index contributed by atoms with van der Waals surface area (Å²) in [7, 11) is -6.67. The predicted molar refractivity (Wildman–Crippen MR) is 149 cm³/mol. The van der Waals surface area contributed by atoms with Gasteiger partial charge in [-0.15, -0.1) is 0 Å². The number of amidine groups is 1. The summed E-state index contributed by atoms with van der Waals surface area (Å²) >= 11 is 0. The number of rotatable bonds is 7. The van der Waals surface area contributed by atoms with Crippen LogP contribution in [-0.2, 0) is 32.9 Å². The molecule has 2 aromatic carbocycles. The molecule has 1 aliphatic rings. The van der Waals surface area contributed by atoms with Gasteiger partial charge < -0.3 is 14.2 Å². The van der Waals surface area contributed by atoms with Crippen LogP contribution in [0.1, 0.15) is 18.6 Å². The smallest absolute Gasteiger partial charge is 0.229 e. The molecule has 0 saturated heterocycles. The maximum Gasteiger partial charge on any atom is 0.229 e. The molecule has 11 nitrogen and oxygen atoms in total. The maximum absolute atomic E-state index is 11.3. The van der Waals surface area contributed by atoms with E-state index in [4.69, 9.17) is 14.1 Å². The van der Waals surface area contributed by atoms with Crippen LogP contribution in [0.4, 0.5) is 11.4 Å². The van der Waals surface area contributed by atoms with Crippen molar-refractivity contribution in [1.29, 1.82) is 5.26 Å². The molecule has 5 rings (SSSR count). The minimum Gasteiger partial charge on any atom is -0.462 e. The van der Waals surface area contributed by atoms with Gasteiger partial charge in [-0.2, -0.15) is 5.26 Å². The Hall–Kier alpha value is -4.02. The number of hydrogen-bond donors (Lipinski definition) is 3. The number of fused-ring (bicyclic) bond motifs is 2. The minimum atomic E-state index is -3.35. The molecule has 0 spiro atoms. The molecule has 3 heterocycles. The second-order valence-corrected chi connectivity index (χ2v) is 11.9. The Balaban J connectivity index is 0.000000208. The molecule has 0 atom stereocenters. The third-order valence-corrected chi connectivity index (χ3v) is 6.56. The largest absolute Gasteiger partial charge is 0.462 e. The Bertz CT molecular complexity index is 1730. The van der Waals surface area contributed by atoms with Crippen LogP contribution < -0.4 is 14.8 Å². The number of nitrogens with zero attached hydrogens (tertiary/aromatic N) is 2. The van der Waals surface area contributed by atoms with Crippen LogP contribution in [0.25, 0.3) is 21.9 Å². The molecule has 2 aromatic heterocycles. The van der Waals surface area contributed by atoms with Gasteiger partial charge in [-0.05, 0) is 35.4 Å². The fourth-order valence-electron chi connectivity index (χ4n) is 3.94. The first-order valence-corrected chi connectivity index (χ1v) is 14.9. The van der Waals surface area contributed by atoms with Gasteiger partial charge in [-0.3, -0.25) is 14.4 Å². The second kappa shape index (κ2) is 11.6. The third-order valence-electron chi connectivity index (χ3n) is 5.38. The van der Waals surface area contributed by atoms with Crippen LogP contribution in [0.3, 0.4) is 0 Å². The fraction of sp³-hybridized carbons (Fsp3) is 0.280. The average Bonchev–Trinajstić information content (AvgIpc) is 3.57. The Labute approximate surface area is 221 Å². The molecular weight excluding hydrogens is 530 g/mol. The summed E-state index contributed by atoms with van der Waals surface area (Å²) in [6, 6.07) is 12.5. The standard InChI is InChI=1S/C13H15N3O3S.C11H10N2O3S.CH4/c1-20(17,18)16-11-3-2-9(8-12-14-5-6-15-12)10-4-7-19-13(10)11;1-17(14,15)13-10-3-2-8(4-6-12)9-5-7-16-11(9)10;/h2-4,7,16H,5-6,8H2,1H3,(H,14,15);2-3,5,7,13H,4H2,1H3;1H4. The third kappa shape index (κ3) is 7.05. The fourth-order valence-corrected chi connectivity index (χ4v) is 5.06. The van der Waals surface area contributed by atoms with E-state index in [2.05, 4.69) is 25.8 Å². The van der Waals surface area contributed by atoms with Gasteiger partial charge in [0.05, 0.1) is 55.4 Å². The molecular formula is C25H29N5O6S2. The molecule has 38 heavy (non-hydrogen) atoms. The first kappa shape index (κ1) is 28.5. The quantitative estimate of drug-likeness (QED) is 0.307. The highest BCUT2D eigenvalue weighted by Gasteiger charge is 2.15. The van der Waals surface area contributed by atoms with Crippen LogP contribution in [0, 0.1) is 11.3 Å². The number of benzene rings is 2. The van der Waals surface area contributed by atoms with E-state index in [1.807, 2.05) is 12.1 Å². The molecule has 0 aliphatic carbocycles. The zero-order valence-corrected chi connectivity index (χ0v) is 21.7. The van der Waals surface area contributed by atoms with E-state index in [-0.39, 0.29) is 13.8 Å². The van der Waals surface area contributed by atoms with E-state index in [1.54, 1.807) is 30.5 Å². The van der Waals surface area contributed by atoms with Crippen molar-refractivity contribution in [2.75, 3.05) is 35.0 Å². The summed E-state index contributed by atoms with van der Waals surface area (Å²) in [5.74, 6) is 0.955. The number of nitrogens with one attached hydrogen (secondary N) is 3. The van der Waals surface area contributed by atoms with Crippen molar-refractivity contribution < 1.29 is 25.7 Å². The number of anilines is 2. The summed E-state index contributed by atoms with van der Waals surface area (Å²) in [6.45, 7) is 1.68. The zero-order valence-electron chi connectivity index (χ0n) is 20.1. The molecule has 13 heteroatoms. The summed E-state index contributed by atoms with van der Waals surface area (Å²) in [5, 5.41) is 13.6. The van der Waals surface area contributed by atoms with E-state index in [0.717, 1.165) is 53.3 Å². The van der Waals surface area contributed by atoms with E-state index < -0.39 is 20.0 Å². The molecule has 0 bridgehead atoms. The summed E-state index contributed by atoms with van der Waals surface area (Å²) in [4.78, 5) is 4.37. The van der Waals surface area contributed by atoms with Gasteiger partial charge in [0.15, 0.2) is 11.2 Å². The van der Waals surface area contributed by atoms with Crippen molar-refractivity contribution in [3.05, 3.63) is 60.1 Å². The van der Waals surface area contributed by atoms with E-state index in [9.17, 15) is 16.8 Å². The summed E-state index contributed by atoms with van der Waals surface area (Å²) in [5.41, 5.74) is 3.71. The predicted octanol–water partition coefficient (Wildman–Crippen LogP) is 3.85. The molecule has 202 valence electrons. The summed E-state index contributed by atoms with van der Waals surface area (Å²) in [6.07, 6.45) is 6.17. The SMILES string of the molecule is C.CS(=O)(=O)Nc1ccc(CC#N)c2ccoc12.CS(=O)(=O)Nc1ccc(CC2=NCCN2)c2ccoc12. The molecule has 4 aromatic rings. The van der Waals surface area contributed by atoms with E-state index in [1.165, 1.54) is 6.26 Å². The molecule has 1 aliphatic heterocycles. The van der Waals surface area contributed by atoms with Crippen molar-refractivity contribution in [3.8, 4) is 6.07 Å². The monoisotopic (exact) mass is 559 g/mol. The number of sulfonamides is 2. The number of aliphatic imine (C=N–C) groups is 1. The molecule has 3 N–H and O–H groups in total. The lowest BCUT2D eigenvalue weighted by Crippen LogP contribution is -2.20. The van der Waals surface area contributed by atoms with Crippen molar-refractivity contribution in [2.45, 2.75) is 20.3 Å². The Morgan fingerprint density at radius 2 is 1.42 bits per heavy atom. The number of nitriles is 1. The number of hydrogen-bond acceptors (Lipinski definition) is 9. The van der Waals surface area contributed by atoms with Crippen LogP contribution in [-0.4, -0.2) is 48.3 Å². The molecule has 0 fully saturated rings. The Morgan fingerprint density at radius 1 is 0.895 bits per heavy atom. The molecule has 0 amide bonds. The van der Waals surface area contributed by atoms with E-state index in [0.29, 0.717) is 29.0 Å². The lowest BCUT2D eigenvalue weighted by Gasteiger charge is -2.08. The lowest BCUT2D eigenvalue weighted by molar-refractivity contribution is 0.603. The van der Waals surface area contributed by atoms with Gasteiger partial charge >= 0.3 is 0 Å². The topological polar surface area (TPSA) is 167 Å². The minimum absolute atomic E-state index is 0. The highest BCUT2D eigenvalue weighted by atomic mass is 32.2. The van der Waals surface area contributed by atoms with E-state index >= 15 is 0 Å². The first-order chi connectivity index (χ1) is 17.5. The molecule has 0 saturated carbocycles. The highest BCUT2D eigenvalue weighted by molar-refractivity contribution is 7.92. The van der Waals surface area contributed by atoms with Gasteiger partial charge in [0.25, 0.3) is 0 Å². The van der Waals surface area contributed by atoms with Gasteiger partial charge in [0.2, 0.25) is 20.0 Å². The zero-order chi connectivity index (χ0) is 26.6. The Morgan fingerprint density at radius 3 is 1.89 bits per heavy atom. The average molecular weight is 560 g/mol. The van der Waals surface area contributed by atoms with Crippen molar-refractivity contribution >= 4 is 59.2 Å². The first-order valence-electron chi connectivity index (χ1n) is 11.1. The van der Waals surface area contributed by atoms with Crippen LogP contribution in [0.15, 0.2) is 62.8 Å². The maximum atomic E-state index is 11.3. The molecule has 0 unspecified atom stereocenters. The lowest BCUT2D eigenvalue weighted by atomic mass is 10.1.